The predicted molar refractivity (Wildman–Crippen MR) is 137 cm³/mol. The average Bonchev–Trinajstić information content (AvgIpc) is 3.05. The van der Waals surface area contributed by atoms with E-state index in [1.807, 2.05) is 31.2 Å². The molecule has 1 aliphatic rings. The van der Waals surface area contributed by atoms with Gasteiger partial charge in [-0.15, -0.1) is 0 Å². The highest BCUT2D eigenvalue weighted by atomic mass is 35.5. The number of aliphatic carboxylic acids is 1. The number of carboxylic acid groups (broad SMARTS) is 1. The molecule has 0 bridgehead atoms. The molecule has 2 N–H and O–H groups in total. The van der Waals surface area contributed by atoms with Crippen LogP contribution in [0.4, 0.5) is 5.82 Å². The monoisotopic (exact) mass is 516 g/mol. The molecule has 0 saturated carbocycles. The van der Waals surface area contributed by atoms with Crippen LogP contribution in [-0.2, 0) is 22.7 Å². The Balaban J connectivity index is 2.17. The first-order valence-corrected chi connectivity index (χ1v) is 11.9. The molecular formula is C23H21ClN4O4S2. The van der Waals surface area contributed by atoms with Crippen LogP contribution in [0.5, 0.6) is 0 Å². The van der Waals surface area contributed by atoms with Crippen LogP contribution in [0.25, 0.3) is 6.08 Å². The molecule has 2 aromatic rings. The molecule has 176 valence electrons. The average molecular weight is 517 g/mol. The van der Waals surface area contributed by atoms with Crippen molar-refractivity contribution in [1.29, 1.82) is 5.26 Å². The first kappa shape index (κ1) is 25.5. The molecule has 1 aliphatic heterocycles. The number of nitriles is 1. The number of amides is 1. The second kappa shape index (κ2) is 10.9. The van der Waals surface area contributed by atoms with E-state index in [9.17, 15) is 19.6 Å². The molecule has 1 fully saturated rings. The third-order valence-corrected chi connectivity index (χ3v) is 6.92. The van der Waals surface area contributed by atoms with Crippen LogP contribution in [0.15, 0.2) is 34.0 Å². The summed E-state index contributed by atoms with van der Waals surface area (Å²) in [6.07, 6.45) is 2.19. The van der Waals surface area contributed by atoms with E-state index in [1.54, 1.807) is 19.1 Å². The van der Waals surface area contributed by atoms with Gasteiger partial charge in [0, 0.05) is 23.7 Å². The Morgan fingerprint density at radius 3 is 2.68 bits per heavy atom. The molecule has 1 saturated heterocycles. The number of carbonyl (C=O) groups excluding carboxylic acids is 1. The molecule has 8 nitrogen and oxygen atoms in total. The SMILES string of the molecule is CCCn1c(NCc2ccccc2Cl)c(/C=C2/SC(=S)N(CC(=O)O)C2=O)c(C)c(C#N)c1=O. The van der Waals surface area contributed by atoms with Crippen LogP contribution in [0.1, 0.15) is 35.6 Å². The zero-order valence-corrected chi connectivity index (χ0v) is 20.8. The number of nitrogens with one attached hydrogen (secondary N) is 1. The number of thioether (sulfide) groups is 1. The van der Waals surface area contributed by atoms with Crippen molar-refractivity contribution in [3.05, 3.63) is 66.8 Å². The van der Waals surface area contributed by atoms with Crippen molar-refractivity contribution in [1.82, 2.24) is 9.47 Å². The molecule has 1 aromatic heterocycles. The predicted octanol–water partition coefficient (Wildman–Crippen LogP) is 3.99. The summed E-state index contributed by atoms with van der Waals surface area (Å²) in [6, 6.07) is 9.25. The lowest BCUT2D eigenvalue weighted by atomic mass is 10.0. The van der Waals surface area contributed by atoms with Crippen molar-refractivity contribution < 1.29 is 14.7 Å². The number of halogens is 1. The summed E-state index contributed by atoms with van der Waals surface area (Å²) in [4.78, 5) is 38.3. The number of pyridine rings is 1. The van der Waals surface area contributed by atoms with E-state index in [0.29, 0.717) is 41.5 Å². The summed E-state index contributed by atoms with van der Waals surface area (Å²) in [5.74, 6) is -1.29. The van der Waals surface area contributed by atoms with Crippen molar-refractivity contribution in [2.24, 2.45) is 0 Å². The fraction of sp³-hybridized carbons (Fsp3) is 0.261. The molecule has 3 rings (SSSR count). The lowest BCUT2D eigenvalue weighted by Crippen LogP contribution is -2.33. The quantitative estimate of drug-likeness (QED) is 0.399. The number of hydrogen-bond acceptors (Lipinski definition) is 7. The van der Waals surface area contributed by atoms with Crippen LogP contribution in [0.2, 0.25) is 5.02 Å². The maximum Gasteiger partial charge on any atom is 0.323 e. The third kappa shape index (κ3) is 5.17. The summed E-state index contributed by atoms with van der Waals surface area (Å²) in [7, 11) is 0. The van der Waals surface area contributed by atoms with Gasteiger partial charge in [0.15, 0.2) is 0 Å². The van der Waals surface area contributed by atoms with Gasteiger partial charge < -0.3 is 10.4 Å². The van der Waals surface area contributed by atoms with E-state index in [0.717, 1.165) is 22.2 Å². The smallest absolute Gasteiger partial charge is 0.323 e. The number of carboxylic acids is 1. The maximum atomic E-state index is 13.1. The minimum Gasteiger partial charge on any atom is -0.480 e. The molecule has 34 heavy (non-hydrogen) atoms. The van der Waals surface area contributed by atoms with Gasteiger partial charge in [0.05, 0.1) is 4.91 Å². The number of benzene rings is 1. The van der Waals surface area contributed by atoms with Gasteiger partial charge in [-0.05, 0) is 36.6 Å². The maximum absolute atomic E-state index is 13.1. The number of hydrogen-bond donors (Lipinski definition) is 2. The molecule has 1 amide bonds. The van der Waals surface area contributed by atoms with Gasteiger partial charge in [-0.3, -0.25) is 23.9 Å². The lowest BCUT2D eigenvalue weighted by Gasteiger charge is -2.20. The topological polar surface area (TPSA) is 115 Å². The van der Waals surface area contributed by atoms with E-state index >= 15 is 0 Å². The summed E-state index contributed by atoms with van der Waals surface area (Å²) in [6.45, 7) is 3.65. The third-order valence-electron chi connectivity index (χ3n) is 5.17. The van der Waals surface area contributed by atoms with Crippen LogP contribution >= 0.6 is 35.6 Å². The normalized spacial score (nSPS) is 14.5. The molecule has 0 aliphatic carbocycles. The second-order valence-corrected chi connectivity index (χ2v) is 9.52. The molecule has 2 heterocycles. The van der Waals surface area contributed by atoms with Crippen LogP contribution in [0, 0.1) is 18.3 Å². The van der Waals surface area contributed by atoms with Gasteiger partial charge in [-0.25, -0.2) is 0 Å². The van der Waals surface area contributed by atoms with E-state index in [1.165, 1.54) is 4.57 Å². The fourth-order valence-corrected chi connectivity index (χ4v) is 4.95. The van der Waals surface area contributed by atoms with E-state index in [-0.39, 0.29) is 14.8 Å². The van der Waals surface area contributed by atoms with Crippen LogP contribution in [0.3, 0.4) is 0 Å². The van der Waals surface area contributed by atoms with Crippen molar-refractivity contribution in [3.8, 4) is 6.07 Å². The molecule has 1 aromatic carbocycles. The number of anilines is 1. The standard InChI is InChI=1S/C23H21ClN4O4S2/c1-3-8-27-20(26-11-14-6-4-5-7-17(14)24)15(13(2)16(10-25)21(27)31)9-18-22(32)28(12-19(29)30)23(33)34-18/h4-7,9,26H,3,8,11-12H2,1-2H3,(H,29,30)/b18-9+. The van der Waals surface area contributed by atoms with Crippen molar-refractivity contribution in [3.63, 3.8) is 0 Å². The van der Waals surface area contributed by atoms with E-state index in [2.05, 4.69) is 5.32 Å². The zero-order chi connectivity index (χ0) is 25.0. The summed E-state index contributed by atoms with van der Waals surface area (Å²) in [5.41, 5.74) is 1.24. The molecule has 0 spiro atoms. The first-order chi connectivity index (χ1) is 16.2. The lowest BCUT2D eigenvalue weighted by molar-refractivity contribution is -0.140. The van der Waals surface area contributed by atoms with Gasteiger partial charge in [0.25, 0.3) is 11.5 Å². The molecule has 0 unspecified atom stereocenters. The Kier molecular flexibility index (Phi) is 8.15. The van der Waals surface area contributed by atoms with E-state index in [4.69, 9.17) is 28.9 Å². The van der Waals surface area contributed by atoms with Crippen molar-refractivity contribution in [2.45, 2.75) is 33.4 Å². The number of aromatic nitrogens is 1. The second-order valence-electron chi connectivity index (χ2n) is 7.44. The Hall–Kier alpha value is -3.13. The Bertz CT molecular complexity index is 1310. The first-order valence-electron chi connectivity index (χ1n) is 10.3. The summed E-state index contributed by atoms with van der Waals surface area (Å²) < 4.78 is 1.61. The number of carbonyl (C=O) groups is 2. The minimum absolute atomic E-state index is 0.0241. The van der Waals surface area contributed by atoms with Gasteiger partial charge in [-0.2, -0.15) is 5.26 Å². The molecule has 0 atom stereocenters. The number of rotatable bonds is 8. The largest absolute Gasteiger partial charge is 0.480 e. The highest BCUT2D eigenvalue weighted by molar-refractivity contribution is 8.26. The van der Waals surface area contributed by atoms with Gasteiger partial charge in [-0.1, -0.05) is 60.7 Å². The van der Waals surface area contributed by atoms with Crippen molar-refractivity contribution in [2.75, 3.05) is 11.9 Å². The van der Waals surface area contributed by atoms with Gasteiger partial charge >= 0.3 is 5.97 Å². The van der Waals surface area contributed by atoms with Gasteiger partial charge in [0.2, 0.25) is 0 Å². The number of thiocarbonyl (C=S) groups is 1. The van der Waals surface area contributed by atoms with E-state index < -0.39 is 24.0 Å². The number of nitrogens with zero attached hydrogens (tertiary/aromatic N) is 3. The Morgan fingerprint density at radius 1 is 1.35 bits per heavy atom. The molecular weight excluding hydrogens is 496 g/mol. The minimum atomic E-state index is -1.18. The summed E-state index contributed by atoms with van der Waals surface area (Å²) >= 11 is 12.5. The molecule has 0 radical (unpaired) electrons. The highest BCUT2D eigenvalue weighted by Crippen LogP contribution is 2.35. The fourth-order valence-electron chi connectivity index (χ4n) is 3.51. The molecule has 11 heteroatoms. The highest BCUT2D eigenvalue weighted by Gasteiger charge is 2.34. The zero-order valence-electron chi connectivity index (χ0n) is 18.4. The van der Waals surface area contributed by atoms with Crippen LogP contribution < -0.4 is 10.9 Å². The summed E-state index contributed by atoms with van der Waals surface area (Å²) in [5, 5.41) is 22.6. The Morgan fingerprint density at radius 2 is 2.06 bits per heavy atom. The van der Waals surface area contributed by atoms with Gasteiger partial charge in [0.1, 0.15) is 28.3 Å². The van der Waals surface area contributed by atoms with Crippen molar-refractivity contribution >= 4 is 63.7 Å². The van der Waals surface area contributed by atoms with Crippen LogP contribution in [-0.4, -0.2) is 37.3 Å². The Labute approximate surface area is 210 Å².